The van der Waals surface area contributed by atoms with Crippen molar-refractivity contribution in [2.75, 3.05) is 18.1 Å². The van der Waals surface area contributed by atoms with Gasteiger partial charge in [0.05, 0.1) is 12.8 Å². The Labute approximate surface area is 104 Å². The van der Waals surface area contributed by atoms with Crippen LogP contribution in [0.25, 0.3) is 0 Å². The second-order valence-electron chi connectivity index (χ2n) is 3.96. The number of nitrogens with one attached hydrogen (secondary N) is 2. The maximum atomic E-state index is 11.9. The van der Waals surface area contributed by atoms with Gasteiger partial charge in [-0.05, 0) is 23.8 Å². The Balaban J connectivity index is 2.03. The van der Waals surface area contributed by atoms with Crippen molar-refractivity contribution in [2.45, 2.75) is 18.1 Å². The predicted molar refractivity (Wildman–Crippen MR) is 65.1 cm³/mol. The molecule has 0 saturated carbocycles. The van der Waals surface area contributed by atoms with Crippen molar-refractivity contribution < 1.29 is 13.5 Å². The van der Waals surface area contributed by atoms with E-state index >= 15 is 0 Å². The highest BCUT2D eigenvalue weighted by molar-refractivity contribution is 7.99. The van der Waals surface area contributed by atoms with Crippen molar-refractivity contribution in [3.05, 3.63) is 11.8 Å². The van der Waals surface area contributed by atoms with Gasteiger partial charge < -0.3 is 5.11 Å². The van der Waals surface area contributed by atoms with Crippen LogP contribution in [0.1, 0.15) is 12.0 Å². The summed E-state index contributed by atoms with van der Waals surface area (Å²) in [5, 5.41) is 15.0. The Hall–Kier alpha value is -0.570. The van der Waals surface area contributed by atoms with Crippen LogP contribution in [0.3, 0.4) is 0 Å². The van der Waals surface area contributed by atoms with Gasteiger partial charge in [0.2, 0.25) is 0 Å². The van der Waals surface area contributed by atoms with Gasteiger partial charge in [-0.15, -0.1) is 0 Å². The second kappa shape index (κ2) is 5.38. The molecule has 1 aliphatic heterocycles. The molecular formula is C9H15N3O3S2. The lowest BCUT2D eigenvalue weighted by atomic mass is 10.1. The van der Waals surface area contributed by atoms with Crippen LogP contribution < -0.4 is 4.72 Å². The van der Waals surface area contributed by atoms with Crippen LogP contribution in [-0.4, -0.2) is 41.8 Å². The fraction of sp³-hybridized carbons (Fsp3) is 0.667. The zero-order valence-corrected chi connectivity index (χ0v) is 10.9. The summed E-state index contributed by atoms with van der Waals surface area (Å²) in [6, 6.07) is 0. The molecule has 96 valence electrons. The molecule has 1 atom stereocenters. The van der Waals surface area contributed by atoms with Gasteiger partial charge in [-0.3, -0.25) is 5.10 Å². The number of aromatic nitrogens is 2. The van der Waals surface area contributed by atoms with Crippen LogP contribution >= 0.6 is 11.8 Å². The molecule has 1 saturated heterocycles. The summed E-state index contributed by atoms with van der Waals surface area (Å²) in [4.78, 5) is 0. The van der Waals surface area contributed by atoms with Gasteiger partial charge in [-0.25, -0.2) is 13.1 Å². The first kappa shape index (κ1) is 12.9. The molecule has 17 heavy (non-hydrogen) atoms. The lowest BCUT2D eigenvalue weighted by molar-refractivity contribution is 0.278. The molecule has 1 unspecified atom stereocenters. The number of sulfonamides is 1. The van der Waals surface area contributed by atoms with E-state index < -0.39 is 10.0 Å². The normalized spacial score (nSPS) is 20.9. The summed E-state index contributed by atoms with van der Waals surface area (Å²) >= 11 is 1.84. The lowest BCUT2D eigenvalue weighted by Crippen LogP contribution is -2.30. The smallest absolute Gasteiger partial charge is 0.257 e. The first-order valence-corrected chi connectivity index (χ1v) is 7.98. The third kappa shape index (κ3) is 3.01. The van der Waals surface area contributed by atoms with Crippen LogP contribution in [0.2, 0.25) is 0 Å². The third-order valence-corrected chi connectivity index (χ3v) is 5.37. The number of hydrogen-bond donors (Lipinski definition) is 3. The maximum absolute atomic E-state index is 11.9. The standard InChI is InChI=1S/C9H15N3O3S2/c13-5-8-4-10-12-9(8)17(14,15)11-3-7-1-2-16-6-7/h4,7,11,13H,1-3,5-6H2,(H,10,12). The highest BCUT2D eigenvalue weighted by Gasteiger charge is 2.23. The zero-order valence-electron chi connectivity index (χ0n) is 9.22. The second-order valence-corrected chi connectivity index (χ2v) is 6.82. The summed E-state index contributed by atoms with van der Waals surface area (Å²) in [5.74, 6) is 2.49. The van der Waals surface area contributed by atoms with E-state index in [1.807, 2.05) is 11.8 Å². The number of rotatable bonds is 5. The van der Waals surface area contributed by atoms with Crippen molar-refractivity contribution >= 4 is 21.8 Å². The summed E-state index contributed by atoms with van der Waals surface area (Å²) < 4.78 is 26.4. The quantitative estimate of drug-likeness (QED) is 0.700. The Kier molecular flexibility index (Phi) is 4.08. The highest BCUT2D eigenvalue weighted by atomic mass is 32.2. The molecule has 0 amide bonds. The van der Waals surface area contributed by atoms with Crippen LogP contribution in [0, 0.1) is 5.92 Å². The largest absolute Gasteiger partial charge is 0.392 e. The lowest BCUT2D eigenvalue weighted by Gasteiger charge is -2.10. The summed E-state index contributed by atoms with van der Waals surface area (Å²) in [7, 11) is -3.58. The topological polar surface area (TPSA) is 95.1 Å². The number of thioether (sulfide) groups is 1. The van der Waals surface area contributed by atoms with Crippen LogP contribution in [0.5, 0.6) is 0 Å². The van der Waals surface area contributed by atoms with Crippen LogP contribution in [0.4, 0.5) is 0 Å². The van der Waals surface area contributed by atoms with E-state index in [1.165, 1.54) is 6.20 Å². The number of aromatic amines is 1. The van der Waals surface area contributed by atoms with Crippen molar-refractivity contribution in [1.29, 1.82) is 0 Å². The van der Waals surface area contributed by atoms with Gasteiger partial charge in [-0.1, -0.05) is 0 Å². The Morgan fingerprint density at radius 1 is 1.65 bits per heavy atom. The third-order valence-electron chi connectivity index (χ3n) is 2.70. The highest BCUT2D eigenvalue weighted by Crippen LogP contribution is 2.23. The minimum absolute atomic E-state index is 0.0364. The number of H-pyrrole nitrogens is 1. The van der Waals surface area contributed by atoms with Gasteiger partial charge in [0.15, 0.2) is 5.03 Å². The minimum atomic E-state index is -3.58. The molecule has 2 heterocycles. The monoisotopic (exact) mass is 277 g/mol. The Morgan fingerprint density at radius 3 is 3.12 bits per heavy atom. The minimum Gasteiger partial charge on any atom is -0.392 e. The Morgan fingerprint density at radius 2 is 2.47 bits per heavy atom. The van der Waals surface area contributed by atoms with Gasteiger partial charge in [-0.2, -0.15) is 16.9 Å². The molecule has 6 nitrogen and oxygen atoms in total. The van der Waals surface area contributed by atoms with E-state index in [0.29, 0.717) is 18.0 Å². The van der Waals surface area contributed by atoms with E-state index in [2.05, 4.69) is 14.9 Å². The number of hydrogen-bond acceptors (Lipinski definition) is 5. The fourth-order valence-corrected chi connectivity index (χ4v) is 4.21. The number of aliphatic hydroxyl groups is 1. The molecule has 2 rings (SSSR count). The van der Waals surface area contributed by atoms with Crippen molar-refractivity contribution in [3.63, 3.8) is 0 Å². The molecule has 1 aliphatic rings. The molecule has 8 heteroatoms. The van der Waals surface area contributed by atoms with E-state index in [9.17, 15) is 8.42 Å². The van der Waals surface area contributed by atoms with Crippen molar-refractivity contribution in [2.24, 2.45) is 5.92 Å². The average molecular weight is 277 g/mol. The predicted octanol–water partition coefficient (Wildman–Crippen LogP) is -0.0666. The van der Waals surface area contributed by atoms with Gasteiger partial charge in [0.25, 0.3) is 10.0 Å². The number of aliphatic hydroxyl groups excluding tert-OH is 1. The molecule has 3 N–H and O–H groups in total. The van der Waals surface area contributed by atoms with Crippen molar-refractivity contribution in [3.8, 4) is 0 Å². The van der Waals surface area contributed by atoms with E-state index in [-0.39, 0.29) is 11.6 Å². The van der Waals surface area contributed by atoms with E-state index in [0.717, 1.165) is 17.9 Å². The summed E-state index contributed by atoms with van der Waals surface area (Å²) in [6.45, 7) is 0.102. The molecule has 0 aromatic carbocycles. The van der Waals surface area contributed by atoms with Crippen molar-refractivity contribution in [1.82, 2.24) is 14.9 Å². The van der Waals surface area contributed by atoms with Crippen LogP contribution in [-0.2, 0) is 16.6 Å². The number of nitrogens with zero attached hydrogens (tertiary/aromatic N) is 1. The molecule has 1 aromatic rings. The summed E-state index contributed by atoms with van der Waals surface area (Å²) in [6.07, 6.45) is 2.36. The van der Waals surface area contributed by atoms with Gasteiger partial charge in [0.1, 0.15) is 0 Å². The molecule has 1 fully saturated rings. The zero-order chi connectivity index (χ0) is 12.3. The van der Waals surface area contributed by atoms with Gasteiger partial charge in [0, 0.05) is 12.1 Å². The summed E-state index contributed by atoms with van der Waals surface area (Å²) in [5.41, 5.74) is 0.290. The molecule has 0 bridgehead atoms. The van der Waals surface area contributed by atoms with Gasteiger partial charge >= 0.3 is 0 Å². The first-order chi connectivity index (χ1) is 8.13. The maximum Gasteiger partial charge on any atom is 0.257 e. The molecule has 0 radical (unpaired) electrons. The van der Waals surface area contributed by atoms with E-state index in [1.54, 1.807) is 0 Å². The fourth-order valence-electron chi connectivity index (χ4n) is 1.69. The molecular weight excluding hydrogens is 262 g/mol. The Bertz CT molecular complexity index is 466. The van der Waals surface area contributed by atoms with Crippen LogP contribution in [0.15, 0.2) is 11.2 Å². The SMILES string of the molecule is O=S(=O)(NCC1CCSC1)c1[nH]ncc1CO. The van der Waals surface area contributed by atoms with E-state index in [4.69, 9.17) is 5.11 Å². The molecule has 0 spiro atoms. The molecule has 0 aliphatic carbocycles. The first-order valence-electron chi connectivity index (χ1n) is 5.34. The molecule has 1 aromatic heterocycles. The average Bonchev–Trinajstić information content (AvgIpc) is 2.97.